The van der Waals surface area contributed by atoms with Crippen molar-refractivity contribution in [2.24, 2.45) is 7.05 Å². The summed E-state index contributed by atoms with van der Waals surface area (Å²) in [5, 5.41) is 28.8. The molecule has 0 aliphatic rings. The van der Waals surface area contributed by atoms with Crippen molar-refractivity contribution in [3.8, 4) is 11.1 Å². The van der Waals surface area contributed by atoms with E-state index in [1.807, 2.05) is 37.8 Å². The van der Waals surface area contributed by atoms with Gasteiger partial charge in [0.2, 0.25) is 4.96 Å². The average Bonchev–Trinajstić information content (AvgIpc) is 3.44. The van der Waals surface area contributed by atoms with Crippen LogP contribution in [0.1, 0.15) is 23.3 Å². The molecule has 1 atom stereocenters. The molecule has 4 aromatic heterocycles. The summed E-state index contributed by atoms with van der Waals surface area (Å²) in [4.78, 5) is 5.26. The fourth-order valence-corrected chi connectivity index (χ4v) is 4.19. The third kappa shape index (κ3) is 3.27. The predicted molar refractivity (Wildman–Crippen MR) is 116 cm³/mol. The third-order valence-electron chi connectivity index (χ3n) is 4.98. The number of hydrogen-bond donors (Lipinski definition) is 1. The van der Waals surface area contributed by atoms with Gasteiger partial charge in [-0.1, -0.05) is 24.0 Å². The van der Waals surface area contributed by atoms with E-state index in [0.717, 1.165) is 33.4 Å². The van der Waals surface area contributed by atoms with Crippen molar-refractivity contribution in [1.82, 2.24) is 34.6 Å². The molecule has 0 bridgehead atoms. The minimum atomic E-state index is -0.653. The maximum atomic E-state index is 9.76. The molecule has 0 aliphatic heterocycles. The van der Waals surface area contributed by atoms with E-state index in [9.17, 15) is 5.11 Å². The highest BCUT2D eigenvalue weighted by Gasteiger charge is 2.16. The number of aliphatic hydroxyl groups is 1. The molecule has 9 heteroatoms. The zero-order valence-electron chi connectivity index (χ0n) is 16.5. The summed E-state index contributed by atoms with van der Waals surface area (Å²) in [6, 6.07) is 8.29. The van der Waals surface area contributed by atoms with Crippen LogP contribution < -0.4 is 0 Å². The zero-order chi connectivity index (χ0) is 20.8. The summed E-state index contributed by atoms with van der Waals surface area (Å²) < 4.78 is 3.50. The summed E-state index contributed by atoms with van der Waals surface area (Å²) in [7, 11) is 1.90. The molecule has 0 unspecified atom stereocenters. The van der Waals surface area contributed by atoms with E-state index >= 15 is 0 Å². The van der Waals surface area contributed by atoms with Gasteiger partial charge in [0.05, 0.1) is 17.8 Å². The number of fused-ring (bicyclic) bond motifs is 2. The molecule has 1 aromatic carbocycles. The molecular formula is C21H19N7OS. The van der Waals surface area contributed by atoms with Crippen LogP contribution in [0, 0.1) is 0 Å². The quantitative estimate of drug-likeness (QED) is 0.472. The molecule has 1 N–H and O–H groups in total. The highest BCUT2D eigenvalue weighted by molar-refractivity contribution is 7.17. The molecule has 0 fully saturated rings. The van der Waals surface area contributed by atoms with Gasteiger partial charge in [0.15, 0.2) is 5.82 Å². The fourth-order valence-electron chi connectivity index (χ4n) is 3.28. The van der Waals surface area contributed by atoms with Gasteiger partial charge < -0.3 is 5.11 Å². The van der Waals surface area contributed by atoms with Crippen LogP contribution in [0.15, 0.2) is 49.4 Å². The monoisotopic (exact) mass is 417 g/mol. The molecule has 0 spiro atoms. The summed E-state index contributed by atoms with van der Waals surface area (Å²) >= 11 is 1.37. The van der Waals surface area contributed by atoms with Crippen molar-refractivity contribution in [1.29, 1.82) is 0 Å². The lowest BCUT2D eigenvalue weighted by molar-refractivity contribution is 0.253. The van der Waals surface area contributed by atoms with Gasteiger partial charge >= 0.3 is 0 Å². The van der Waals surface area contributed by atoms with Crippen LogP contribution in [0.5, 0.6) is 0 Å². The van der Waals surface area contributed by atoms with Gasteiger partial charge in [-0.05, 0) is 30.7 Å². The molecule has 5 rings (SSSR count). The molecular weight excluding hydrogens is 398 g/mol. The zero-order valence-corrected chi connectivity index (χ0v) is 17.3. The molecule has 0 radical (unpaired) electrons. The molecule has 0 aliphatic carbocycles. The van der Waals surface area contributed by atoms with Crippen molar-refractivity contribution in [2.45, 2.75) is 19.4 Å². The fraction of sp³-hybridized carbons (Fsp3) is 0.190. The Hall–Kier alpha value is -3.43. The minimum Gasteiger partial charge on any atom is -0.389 e. The largest absolute Gasteiger partial charge is 0.389 e. The Kier molecular flexibility index (Phi) is 4.41. The molecule has 0 amide bonds. The van der Waals surface area contributed by atoms with Gasteiger partial charge in [-0.2, -0.15) is 14.7 Å². The first-order valence-corrected chi connectivity index (χ1v) is 10.3. The maximum absolute atomic E-state index is 9.76. The first-order valence-electron chi connectivity index (χ1n) is 9.44. The Balaban J connectivity index is 1.48. The van der Waals surface area contributed by atoms with Crippen molar-refractivity contribution < 1.29 is 5.11 Å². The normalized spacial score (nSPS) is 12.6. The van der Waals surface area contributed by atoms with Crippen LogP contribution in [0.2, 0.25) is 0 Å². The number of aryl methyl sites for hydroxylation is 1. The highest BCUT2D eigenvalue weighted by atomic mass is 32.1. The van der Waals surface area contributed by atoms with Gasteiger partial charge in [-0.25, -0.2) is 0 Å². The van der Waals surface area contributed by atoms with E-state index < -0.39 is 6.10 Å². The molecule has 8 nitrogen and oxygen atoms in total. The summed E-state index contributed by atoms with van der Waals surface area (Å²) in [6.07, 6.45) is 5.60. The van der Waals surface area contributed by atoms with E-state index in [-0.39, 0.29) is 0 Å². The van der Waals surface area contributed by atoms with Gasteiger partial charge in [0, 0.05) is 47.9 Å². The first-order chi connectivity index (χ1) is 14.5. The van der Waals surface area contributed by atoms with Crippen LogP contribution in [0.25, 0.3) is 32.6 Å². The van der Waals surface area contributed by atoms with E-state index in [4.69, 9.17) is 0 Å². The minimum absolute atomic E-state index is 0.580. The number of rotatable bonds is 5. The van der Waals surface area contributed by atoms with Crippen LogP contribution in [-0.4, -0.2) is 45.8 Å². The number of aromatic nitrogens is 7. The third-order valence-corrected chi connectivity index (χ3v) is 5.95. The Bertz CT molecular complexity index is 1400. The second kappa shape index (κ2) is 7.12. The van der Waals surface area contributed by atoms with Crippen LogP contribution >= 0.6 is 11.3 Å². The molecule has 0 saturated heterocycles. The summed E-state index contributed by atoms with van der Waals surface area (Å²) in [5.41, 5.74) is 4.66. The Morgan fingerprint density at radius 1 is 1.20 bits per heavy atom. The summed E-state index contributed by atoms with van der Waals surface area (Å²) in [6.45, 7) is 5.58. The number of nitrogens with zero attached hydrogens (tertiary/aromatic N) is 7. The molecule has 0 saturated carbocycles. The van der Waals surface area contributed by atoms with Crippen molar-refractivity contribution in [3.05, 3.63) is 65.8 Å². The number of hydrogen-bond acceptors (Lipinski definition) is 7. The van der Waals surface area contributed by atoms with Crippen LogP contribution in [0.3, 0.4) is 0 Å². The van der Waals surface area contributed by atoms with E-state index in [2.05, 4.69) is 44.1 Å². The van der Waals surface area contributed by atoms with Crippen molar-refractivity contribution >= 4 is 32.8 Å². The molecule has 150 valence electrons. The second-order valence-electron chi connectivity index (χ2n) is 7.25. The smallest absolute Gasteiger partial charge is 0.234 e. The second-order valence-corrected chi connectivity index (χ2v) is 8.21. The van der Waals surface area contributed by atoms with Gasteiger partial charge in [-0.15, -0.1) is 10.2 Å². The van der Waals surface area contributed by atoms with Crippen molar-refractivity contribution in [2.75, 3.05) is 0 Å². The lowest BCUT2D eigenvalue weighted by Crippen LogP contribution is -2.03. The van der Waals surface area contributed by atoms with Gasteiger partial charge in [0.1, 0.15) is 5.01 Å². The number of aliphatic hydroxyl groups excluding tert-OH is 1. The van der Waals surface area contributed by atoms with Gasteiger partial charge in [0.25, 0.3) is 0 Å². The Morgan fingerprint density at radius 2 is 2.07 bits per heavy atom. The van der Waals surface area contributed by atoms with E-state index in [1.54, 1.807) is 16.1 Å². The lowest BCUT2D eigenvalue weighted by Gasteiger charge is -2.05. The molecule has 4 heterocycles. The maximum Gasteiger partial charge on any atom is 0.234 e. The van der Waals surface area contributed by atoms with E-state index in [0.29, 0.717) is 22.0 Å². The number of pyridine rings is 1. The average molecular weight is 417 g/mol. The SMILES string of the molecule is C=C(c1nn2c(Cc3ccc4ncc(-c5cnn(C)c5)cc4c3)nnc2s1)[C@@H](C)O. The predicted octanol–water partition coefficient (Wildman–Crippen LogP) is 3.12. The number of benzene rings is 1. The first kappa shape index (κ1) is 18.6. The molecule has 5 aromatic rings. The molecule has 30 heavy (non-hydrogen) atoms. The standard InChI is InChI=1S/C21H19N7OS/c1-12(13(2)29)20-26-28-19(24-25-21(28)30-20)7-14-4-5-18-15(6-14)8-16(9-22-18)17-10-23-27(3)11-17/h4-6,8-11,13,29H,1,7H2,2-3H3/t13-/m1/s1. The Morgan fingerprint density at radius 3 is 2.83 bits per heavy atom. The van der Waals surface area contributed by atoms with Gasteiger partial charge in [-0.3, -0.25) is 9.67 Å². The van der Waals surface area contributed by atoms with Crippen LogP contribution in [0.4, 0.5) is 0 Å². The highest BCUT2D eigenvalue weighted by Crippen LogP contribution is 2.25. The summed E-state index contributed by atoms with van der Waals surface area (Å²) in [5.74, 6) is 0.738. The van der Waals surface area contributed by atoms with Crippen molar-refractivity contribution in [3.63, 3.8) is 0 Å². The van der Waals surface area contributed by atoms with E-state index in [1.165, 1.54) is 11.3 Å². The van der Waals surface area contributed by atoms with Crippen LogP contribution in [-0.2, 0) is 13.5 Å². The topological polar surface area (TPSA) is 94.0 Å². The Labute approximate surface area is 176 Å². The lowest BCUT2D eigenvalue weighted by atomic mass is 10.0.